The van der Waals surface area contributed by atoms with Gasteiger partial charge in [0.25, 0.3) is 11.6 Å². The van der Waals surface area contributed by atoms with Gasteiger partial charge in [-0.2, -0.15) is 0 Å². The van der Waals surface area contributed by atoms with Gasteiger partial charge < -0.3 is 20.1 Å². The molecule has 0 unspecified atom stereocenters. The van der Waals surface area contributed by atoms with Crippen LogP contribution in [0.3, 0.4) is 0 Å². The Hall–Kier alpha value is -4.11. The van der Waals surface area contributed by atoms with Crippen LogP contribution in [0.5, 0.6) is 0 Å². The average molecular weight is 492 g/mol. The van der Waals surface area contributed by atoms with Gasteiger partial charge in [0, 0.05) is 37.8 Å². The molecule has 0 saturated carbocycles. The molecule has 0 radical (unpaired) electrons. The Labute approximate surface area is 205 Å². The fraction of sp³-hybridized carbons (Fsp3) is 0.200. The number of anilines is 2. The van der Waals surface area contributed by atoms with Gasteiger partial charge in [0.15, 0.2) is 0 Å². The fourth-order valence-electron chi connectivity index (χ4n) is 4.52. The molecule has 35 heavy (non-hydrogen) atoms. The zero-order valence-electron chi connectivity index (χ0n) is 18.9. The lowest BCUT2D eigenvalue weighted by molar-refractivity contribution is -0.383. The second-order valence-corrected chi connectivity index (χ2v) is 8.80. The van der Waals surface area contributed by atoms with Crippen LogP contribution < -0.4 is 10.6 Å². The number of benzene rings is 3. The molecule has 2 N–H and O–H groups in total. The number of nitrogen functional groups attached to an aromatic ring is 1. The molecule has 1 aromatic heterocycles. The summed E-state index contributed by atoms with van der Waals surface area (Å²) in [4.78, 5) is 27.9. The number of aromatic nitrogens is 1. The number of carbonyl (C=O) groups excluding carboxylic acids is 1. The number of nitro groups is 1. The van der Waals surface area contributed by atoms with Crippen molar-refractivity contribution in [2.75, 3.05) is 36.8 Å². The van der Waals surface area contributed by atoms with Gasteiger partial charge in [-0.05, 0) is 23.8 Å². The van der Waals surface area contributed by atoms with Crippen LogP contribution in [0.2, 0.25) is 5.02 Å². The van der Waals surface area contributed by atoms with Crippen molar-refractivity contribution in [3.05, 3.63) is 81.1 Å². The van der Waals surface area contributed by atoms with Gasteiger partial charge in [0.2, 0.25) is 0 Å². The number of halogens is 1. The molecule has 178 valence electrons. The number of hydrogen-bond acceptors (Lipinski definition) is 7. The van der Waals surface area contributed by atoms with Crippen LogP contribution >= 0.6 is 11.6 Å². The molecule has 5 rings (SSSR count). The molecule has 0 spiro atoms. The van der Waals surface area contributed by atoms with E-state index in [1.807, 2.05) is 47.4 Å². The molecule has 0 bridgehead atoms. The number of nitrogens with zero attached hydrogens (tertiary/aromatic N) is 4. The highest BCUT2D eigenvalue weighted by Gasteiger charge is 2.30. The minimum absolute atomic E-state index is 0.0488. The van der Waals surface area contributed by atoms with E-state index < -0.39 is 4.92 Å². The van der Waals surface area contributed by atoms with E-state index in [1.165, 1.54) is 12.1 Å². The largest absolute Gasteiger partial charge is 0.393 e. The van der Waals surface area contributed by atoms with Crippen molar-refractivity contribution in [1.29, 1.82) is 0 Å². The lowest BCUT2D eigenvalue weighted by Crippen LogP contribution is -2.49. The molecule has 1 amide bonds. The highest BCUT2D eigenvalue weighted by molar-refractivity contribution is 6.33. The first-order valence-corrected chi connectivity index (χ1v) is 11.4. The standard InChI is InChI=1S/C25H22ClN5O4/c1-15-23(24(28-35-15)18-8-4-6-16-5-2-3-7-17(16)18)25(32)30-11-9-29(10-12-30)21-14-20(27)22(31(33)34)13-19(21)26/h2-8,13-14H,9-12,27H2,1H3. The average Bonchev–Trinajstić information content (AvgIpc) is 3.25. The predicted molar refractivity (Wildman–Crippen MR) is 135 cm³/mol. The summed E-state index contributed by atoms with van der Waals surface area (Å²) in [6.45, 7) is 3.61. The molecular weight excluding hydrogens is 470 g/mol. The van der Waals surface area contributed by atoms with E-state index in [9.17, 15) is 14.9 Å². The number of hydrogen-bond donors (Lipinski definition) is 1. The lowest BCUT2D eigenvalue weighted by Gasteiger charge is -2.36. The van der Waals surface area contributed by atoms with Gasteiger partial charge in [-0.25, -0.2) is 0 Å². The Balaban J connectivity index is 1.39. The van der Waals surface area contributed by atoms with E-state index in [0.29, 0.717) is 48.9 Å². The molecule has 2 heterocycles. The summed E-state index contributed by atoms with van der Waals surface area (Å²) in [6.07, 6.45) is 0. The summed E-state index contributed by atoms with van der Waals surface area (Å²) in [7, 11) is 0. The van der Waals surface area contributed by atoms with Crippen molar-refractivity contribution in [1.82, 2.24) is 10.1 Å². The van der Waals surface area contributed by atoms with E-state index in [0.717, 1.165) is 16.3 Å². The summed E-state index contributed by atoms with van der Waals surface area (Å²) in [5, 5.41) is 17.7. The molecule has 3 aromatic carbocycles. The maximum absolute atomic E-state index is 13.6. The fourth-order valence-corrected chi connectivity index (χ4v) is 4.79. The Morgan fingerprint density at radius 2 is 1.83 bits per heavy atom. The SMILES string of the molecule is Cc1onc(-c2cccc3ccccc23)c1C(=O)N1CCN(c2cc(N)c([N+](=O)[O-])cc2Cl)CC1. The third-order valence-electron chi connectivity index (χ3n) is 6.32. The van der Waals surface area contributed by atoms with Gasteiger partial charge in [-0.3, -0.25) is 14.9 Å². The molecular formula is C25H22ClN5O4. The van der Waals surface area contributed by atoms with Crippen molar-refractivity contribution in [2.24, 2.45) is 0 Å². The van der Waals surface area contributed by atoms with Gasteiger partial charge >= 0.3 is 0 Å². The lowest BCUT2D eigenvalue weighted by atomic mass is 9.98. The van der Waals surface area contributed by atoms with Crippen LogP contribution in [0.15, 0.2) is 59.1 Å². The second kappa shape index (κ2) is 8.92. The number of nitrogens with two attached hydrogens (primary N) is 1. The Kier molecular flexibility index (Phi) is 5.78. The monoisotopic (exact) mass is 491 g/mol. The van der Waals surface area contributed by atoms with E-state index >= 15 is 0 Å². The third-order valence-corrected chi connectivity index (χ3v) is 6.62. The second-order valence-electron chi connectivity index (χ2n) is 8.39. The molecule has 9 nitrogen and oxygen atoms in total. The van der Waals surface area contributed by atoms with Crippen molar-refractivity contribution in [3.8, 4) is 11.3 Å². The normalized spacial score (nSPS) is 13.9. The molecule has 0 aliphatic carbocycles. The van der Waals surface area contributed by atoms with E-state index in [2.05, 4.69) is 5.16 Å². The van der Waals surface area contributed by atoms with E-state index in [4.69, 9.17) is 21.9 Å². The van der Waals surface area contributed by atoms with Crippen molar-refractivity contribution < 1.29 is 14.2 Å². The van der Waals surface area contributed by atoms with Crippen molar-refractivity contribution in [3.63, 3.8) is 0 Å². The zero-order valence-corrected chi connectivity index (χ0v) is 19.7. The first-order chi connectivity index (χ1) is 16.8. The van der Waals surface area contributed by atoms with E-state index in [1.54, 1.807) is 11.8 Å². The quantitative estimate of drug-likeness (QED) is 0.245. The van der Waals surface area contributed by atoms with Crippen molar-refractivity contribution >= 4 is 45.3 Å². The minimum atomic E-state index is -0.559. The summed E-state index contributed by atoms with van der Waals surface area (Å²) >= 11 is 6.31. The van der Waals surface area contributed by atoms with Crippen molar-refractivity contribution in [2.45, 2.75) is 6.92 Å². The van der Waals surface area contributed by atoms with E-state index in [-0.39, 0.29) is 22.3 Å². The zero-order chi connectivity index (χ0) is 24.7. The first kappa shape index (κ1) is 22.7. The summed E-state index contributed by atoms with van der Waals surface area (Å²) in [5.41, 5.74) is 8.11. The van der Waals surface area contributed by atoms with Crippen LogP contribution in [0.4, 0.5) is 17.1 Å². The maximum Gasteiger partial charge on any atom is 0.293 e. The topological polar surface area (TPSA) is 119 Å². The van der Waals surface area contributed by atoms with Crippen LogP contribution in [-0.4, -0.2) is 47.1 Å². The van der Waals surface area contributed by atoms with Gasteiger partial charge in [-0.15, -0.1) is 0 Å². The molecule has 1 aliphatic heterocycles. The van der Waals surface area contributed by atoms with Crippen LogP contribution in [0.25, 0.3) is 22.0 Å². The Morgan fingerprint density at radius 3 is 2.57 bits per heavy atom. The van der Waals surface area contributed by atoms with Gasteiger partial charge in [-0.1, -0.05) is 59.2 Å². The number of fused-ring (bicyclic) bond motifs is 1. The highest BCUT2D eigenvalue weighted by atomic mass is 35.5. The number of amides is 1. The maximum atomic E-state index is 13.6. The predicted octanol–water partition coefficient (Wildman–Crippen LogP) is 4.91. The number of carbonyl (C=O) groups is 1. The van der Waals surface area contributed by atoms with Crippen LogP contribution in [0.1, 0.15) is 16.1 Å². The molecule has 0 atom stereocenters. The summed E-state index contributed by atoms with van der Waals surface area (Å²) < 4.78 is 5.47. The number of rotatable bonds is 4. The molecule has 1 saturated heterocycles. The minimum Gasteiger partial charge on any atom is -0.393 e. The summed E-state index contributed by atoms with van der Waals surface area (Å²) in [5.74, 6) is 0.312. The first-order valence-electron chi connectivity index (χ1n) is 11.1. The smallest absolute Gasteiger partial charge is 0.293 e. The number of nitro benzene ring substituents is 1. The number of piperazine rings is 1. The number of aryl methyl sites for hydroxylation is 1. The van der Waals surface area contributed by atoms with Gasteiger partial charge in [0.05, 0.1) is 15.6 Å². The Morgan fingerprint density at radius 1 is 1.11 bits per heavy atom. The molecule has 4 aromatic rings. The molecule has 1 aliphatic rings. The molecule has 10 heteroatoms. The third kappa shape index (κ3) is 4.04. The molecule has 1 fully saturated rings. The summed E-state index contributed by atoms with van der Waals surface area (Å²) in [6, 6.07) is 16.6. The van der Waals surface area contributed by atoms with Crippen LogP contribution in [0, 0.1) is 17.0 Å². The van der Waals surface area contributed by atoms with Crippen LogP contribution in [-0.2, 0) is 0 Å². The highest BCUT2D eigenvalue weighted by Crippen LogP contribution is 2.36. The Bertz CT molecular complexity index is 1450. The van der Waals surface area contributed by atoms with Gasteiger partial charge in [0.1, 0.15) is 22.7 Å².